The van der Waals surface area contributed by atoms with Gasteiger partial charge in [-0.25, -0.2) is 0 Å². The zero-order chi connectivity index (χ0) is 17.3. The maximum atomic E-state index is 12.9. The number of halogens is 7. The van der Waals surface area contributed by atoms with E-state index < -0.39 is 29.5 Å². The third kappa shape index (κ3) is 4.87. The van der Waals surface area contributed by atoms with Crippen molar-refractivity contribution in [2.75, 3.05) is 26.2 Å². The Morgan fingerprint density at radius 3 is 1.79 bits per heavy atom. The van der Waals surface area contributed by atoms with Crippen LogP contribution in [0.3, 0.4) is 0 Å². The van der Waals surface area contributed by atoms with Crippen molar-refractivity contribution in [1.29, 1.82) is 0 Å². The van der Waals surface area contributed by atoms with E-state index in [4.69, 9.17) is 0 Å². The third-order valence-electron chi connectivity index (χ3n) is 3.72. The second-order valence-corrected chi connectivity index (χ2v) is 5.31. The number of nitrogens with zero attached hydrogens (tertiary/aromatic N) is 1. The second kappa shape index (κ2) is 7.76. The van der Waals surface area contributed by atoms with Crippen LogP contribution < -0.4 is 5.32 Å². The average Bonchev–Trinajstić information content (AvgIpc) is 2.47. The molecule has 2 rings (SSSR count). The van der Waals surface area contributed by atoms with Crippen LogP contribution in [0.2, 0.25) is 0 Å². The molecule has 0 saturated carbocycles. The highest BCUT2D eigenvalue weighted by atomic mass is 35.5. The Labute approximate surface area is 141 Å². The molecule has 1 atom stereocenters. The molecule has 1 aromatic rings. The molecule has 1 saturated heterocycles. The van der Waals surface area contributed by atoms with Gasteiger partial charge in [0, 0.05) is 26.2 Å². The van der Waals surface area contributed by atoms with Crippen LogP contribution >= 0.6 is 12.4 Å². The van der Waals surface area contributed by atoms with Crippen molar-refractivity contribution >= 4 is 12.4 Å². The van der Waals surface area contributed by atoms with Crippen molar-refractivity contribution in [3.05, 3.63) is 47.5 Å². The van der Waals surface area contributed by atoms with Gasteiger partial charge in [-0.1, -0.05) is 6.08 Å². The van der Waals surface area contributed by atoms with E-state index >= 15 is 0 Å². The molecule has 9 heteroatoms. The van der Waals surface area contributed by atoms with Crippen LogP contribution in [0.1, 0.15) is 22.7 Å². The molecule has 0 bridgehead atoms. The lowest BCUT2D eigenvalue weighted by Crippen LogP contribution is -2.44. The fraction of sp³-hybridized carbons (Fsp3) is 0.467. The standard InChI is InChI=1S/C15H16F6N2.ClH/c1-2-13(23-5-3-22-4-6-23)10-7-11(14(16,17)18)9-12(8-10)15(19,20)21;/h2,7-9,13,22H,1,3-6H2;1H/t13-;/m1./s1. The molecule has 1 aliphatic heterocycles. The zero-order valence-corrected chi connectivity index (χ0v) is 13.4. The van der Waals surface area contributed by atoms with Crippen molar-refractivity contribution in [3.8, 4) is 0 Å². The van der Waals surface area contributed by atoms with Gasteiger partial charge in [-0.15, -0.1) is 19.0 Å². The highest BCUT2D eigenvalue weighted by molar-refractivity contribution is 5.85. The number of rotatable bonds is 3. The zero-order valence-electron chi connectivity index (χ0n) is 12.5. The first-order valence-electron chi connectivity index (χ1n) is 6.99. The van der Waals surface area contributed by atoms with Crippen molar-refractivity contribution in [3.63, 3.8) is 0 Å². The minimum Gasteiger partial charge on any atom is -0.314 e. The van der Waals surface area contributed by atoms with E-state index in [1.54, 1.807) is 4.90 Å². The van der Waals surface area contributed by atoms with E-state index in [1.165, 1.54) is 6.08 Å². The third-order valence-corrected chi connectivity index (χ3v) is 3.72. The number of hydrogen-bond acceptors (Lipinski definition) is 2. The highest BCUT2D eigenvalue weighted by Gasteiger charge is 2.37. The first kappa shape index (κ1) is 20.8. The van der Waals surface area contributed by atoms with E-state index in [0.717, 1.165) is 12.1 Å². The number of benzene rings is 1. The first-order chi connectivity index (χ1) is 10.6. The van der Waals surface area contributed by atoms with Gasteiger partial charge in [-0.05, 0) is 23.8 Å². The molecule has 24 heavy (non-hydrogen) atoms. The molecule has 1 N–H and O–H groups in total. The first-order valence-corrected chi connectivity index (χ1v) is 6.99. The molecule has 0 radical (unpaired) electrons. The van der Waals surface area contributed by atoms with E-state index in [1.807, 2.05) is 0 Å². The predicted octanol–water partition coefficient (Wildman–Crippen LogP) is 4.28. The van der Waals surface area contributed by atoms with Gasteiger partial charge in [0.25, 0.3) is 0 Å². The monoisotopic (exact) mass is 374 g/mol. The SMILES string of the molecule is C=C[C@H](c1cc(C(F)(F)F)cc(C(F)(F)F)c1)N1CCNCC1.Cl. The number of alkyl halides is 6. The van der Waals surface area contributed by atoms with Crippen LogP contribution in [0.25, 0.3) is 0 Å². The summed E-state index contributed by atoms with van der Waals surface area (Å²) in [5, 5.41) is 3.08. The van der Waals surface area contributed by atoms with Crippen LogP contribution in [-0.2, 0) is 12.4 Å². The predicted molar refractivity (Wildman–Crippen MR) is 81.1 cm³/mol. The summed E-state index contributed by atoms with van der Waals surface area (Å²) < 4.78 is 77.6. The molecule has 1 heterocycles. The fourth-order valence-electron chi connectivity index (χ4n) is 2.61. The quantitative estimate of drug-likeness (QED) is 0.627. The molecule has 2 nitrogen and oxygen atoms in total. The van der Waals surface area contributed by atoms with Crippen molar-refractivity contribution in [1.82, 2.24) is 10.2 Å². The Morgan fingerprint density at radius 2 is 1.42 bits per heavy atom. The molecule has 1 fully saturated rings. The number of hydrogen-bond donors (Lipinski definition) is 1. The van der Waals surface area contributed by atoms with Gasteiger partial charge in [-0.2, -0.15) is 26.3 Å². The highest BCUT2D eigenvalue weighted by Crippen LogP contribution is 2.38. The summed E-state index contributed by atoms with van der Waals surface area (Å²) >= 11 is 0. The molecule has 0 spiro atoms. The fourth-order valence-corrected chi connectivity index (χ4v) is 2.61. The van der Waals surface area contributed by atoms with Gasteiger partial charge in [0.05, 0.1) is 17.2 Å². The van der Waals surface area contributed by atoms with E-state index in [0.29, 0.717) is 26.2 Å². The lowest BCUT2D eigenvalue weighted by Gasteiger charge is -2.34. The summed E-state index contributed by atoms with van der Waals surface area (Å²) in [6.07, 6.45) is -8.31. The molecular formula is C15H17ClF6N2. The van der Waals surface area contributed by atoms with Crippen LogP contribution in [-0.4, -0.2) is 31.1 Å². The molecule has 1 aromatic carbocycles. The van der Waals surface area contributed by atoms with Gasteiger partial charge in [0.1, 0.15) is 0 Å². The Hall–Kier alpha value is -1.25. The van der Waals surface area contributed by atoms with Crippen molar-refractivity contribution in [2.45, 2.75) is 18.4 Å². The Kier molecular flexibility index (Phi) is 6.72. The lowest BCUT2D eigenvalue weighted by atomic mass is 9.98. The topological polar surface area (TPSA) is 15.3 Å². The van der Waals surface area contributed by atoms with Crippen LogP contribution in [0, 0.1) is 0 Å². The van der Waals surface area contributed by atoms with Crippen molar-refractivity contribution < 1.29 is 26.3 Å². The maximum absolute atomic E-state index is 12.9. The molecule has 136 valence electrons. The number of nitrogens with one attached hydrogen (secondary N) is 1. The van der Waals surface area contributed by atoms with E-state index in [2.05, 4.69) is 11.9 Å². The van der Waals surface area contributed by atoms with E-state index in [-0.39, 0.29) is 24.0 Å². The summed E-state index contributed by atoms with van der Waals surface area (Å²) in [4.78, 5) is 1.80. The van der Waals surface area contributed by atoms with Gasteiger partial charge in [-0.3, -0.25) is 4.90 Å². The minimum absolute atomic E-state index is 0. The summed E-state index contributed by atoms with van der Waals surface area (Å²) in [6.45, 7) is 5.86. The smallest absolute Gasteiger partial charge is 0.314 e. The summed E-state index contributed by atoms with van der Waals surface area (Å²) in [5.74, 6) is 0. The molecule has 0 aliphatic carbocycles. The largest absolute Gasteiger partial charge is 0.416 e. The molecular weight excluding hydrogens is 358 g/mol. The summed E-state index contributed by atoms with van der Waals surface area (Å²) in [7, 11) is 0. The molecule has 1 aliphatic rings. The van der Waals surface area contributed by atoms with Crippen LogP contribution in [0.4, 0.5) is 26.3 Å². The Balaban J connectivity index is 0.00000288. The second-order valence-electron chi connectivity index (χ2n) is 5.31. The Bertz CT molecular complexity index is 532. The van der Waals surface area contributed by atoms with Gasteiger partial charge < -0.3 is 5.32 Å². The van der Waals surface area contributed by atoms with Crippen LogP contribution in [0.15, 0.2) is 30.9 Å². The van der Waals surface area contributed by atoms with Crippen LogP contribution in [0.5, 0.6) is 0 Å². The average molecular weight is 375 g/mol. The molecule has 0 unspecified atom stereocenters. The normalized spacial score (nSPS) is 17.9. The number of piperazine rings is 1. The van der Waals surface area contributed by atoms with Gasteiger partial charge in [0.2, 0.25) is 0 Å². The van der Waals surface area contributed by atoms with Gasteiger partial charge in [0.15, 0.2) is 0 Å². The minimum atomic E-state index is -4.84. The van der Waals surface area contributed by atoms with E-state index in [9.17, 15) is 26.3 Å². The van der Waals surface area contributed by atoms with Crippen molar-refractivity contribution in [2.24, 2.45) is 0 Å². The Morgan fingerprint density at radius 1 is 0.958 bits per heavy atom. The molecule has 0 aromatic heterocycles. The maximum Gasteiger partial charge on any atom is 0.416 e. The summed E-state index contributed by atoms with van der Waals surface area (Å²) in [5.41, 5.74) is -2.65. The lowest BCUT2D eigenvalue weighted by molar-refractivity contribution is -0.143. The molecule has 0 amide bonds. The summed E-state index contributed by atoms with van der Waals surface area (Å²) in [6, 6.07) is 0.981. The van der Waals surface area contributed by atoms with Gasteiger partial charge >= 0.3 is 12.4 Å².